The zero-order valence-electron chi connectivity index (χ0n) is 13.2. The molecule has 2 aromatic heterocycles. The molecule has 0 bridgehead atoms. The largest absolute Gasteiger partial charge is 0.478 e. The molecule has 26 heavy (non-hydrogen) atoms. The Morgan fingerprint density at radius 2 is 1.81 bits per heavy atom. The number of hydrogen-bond acceptors (Lipinski definition) is 3. The van der Waals surface area contributed by atoms with E-state index in [4.69, 9.17) is 0 Å². The SMILES string of the molecule is O=C(O)c1cn(-c2ccc(C(F)(F)F)cn2)nc1C=Cc1ccccc1. The first-order chi connectivity index (χ1) is 12.3. The molecule has 0 aliphatic heterocycles. The number of benzene rings is 1. The highest BCUT2D eigenvalue weighted by Gasteiger charge is 2.30. The number of carboxylic acids is 1. The Kier molecular flexibility index (Phi) is 4.57. The van der Waals surface area contributed by atoms with Crippen molar-refractivity contribution in [1.29, 1.82) is 0 Å². The maximum Gasteiger partial charge on any atom is 0.417 e. The Balaban J connectivity index is 1.94. The average Bonchev–Trinajstić information content (AvgIpc) is 3.05. The van der Waals surface area contributed by atoms with Crippen molar-refractivity contribution in [2.45, 2.75) is 6.18 Å². The van der Waals surface area contributed by atoms with Gasteiger partial charge in [-0.05, 0) is 23.8 Å². The molecule has 1 N–H and O–H groups in total. The molecule has 0 saturated carbocycles. The van der Waals surface area contributed by atoms with Crippen molar-refractivity contribution in [2.24, 2.45) is 0 Å². The van der Waals surface area contributed by atoms with Crippen LogP contribution in [0, 0.1) is 0 Å². The van der Waals surface area contributed by atoms with Gasteiger partial charge in [0.25, 0.3) is 0 Å². The third kappa shape index (κ3) is 3.80. The highest BCUT2D eigenvalue weighted by molar-refractivity contribution is 5.92. The lowest BCUT2D eigenvalue weighted by Crippen LogP contribution is -2.07. The van der Waals surface area contributed by atoms with Gasteiger partial charge in [-0.15, -0.1) is 0 Å². The molecule has 0 radical (unpaired) electrons. The minimum Gasteiger partial charge on any atom is -0.478 e. The fourth-order valence-corrected chi connectivity index (χ4v) is 2.22. The quantitative estimate of drug-likeness (QED) is 0.760. The summed E-state index contributed by atoms with van der Waals surface area (Å²) in [6, 6.07) is 11.2. The zero-order chi connectivity index (χ0) is 18.7. The molecule has 0 unspecified atom stereocenters. The lowest BCUT2D eigenvalue weighted by atomic mass is 10.2. The highest BCUT2D eigenvalue weighted by atomic mass is 19.4. The first-order valence-corrected chi connectivity index (χ1v) is 7.44. The van der Waals surface area contributed by atoms with Crippen LogP contribution in [0.2, 0.25) is 0 Å². The van der Waals surface area contributed by atoms with Gasteiger partial charge in [0.05, 0.1) is 5.56 Å². The van der Waals surface area contributed by atoms with Gasteiger partial charge in [-0.3, -0.25) is 0 Å². The number of nitrogens with zero attached hydrogens (tertiary/aromatic N) is 3. The van der Waals surface area contributed by atoms with Gasteiger partial charge in [0.2, 0.25) is 0 Å². The van der Waals surface area contributed by atoms with E-state index >= 15 is 0 Å². The Morgan fingerprint density at radius 1 is 1.08 bits per heavy atom. The molecular formula is C18H12F3N3O2. The van der Waals surface area contributed by atoms with Gasteiger partial charge in [-0.2, -0.15) is 18.3 Å². The fourth-order valence-electron chi connectivity index (χ4n) is 2.22. The van der Waals surface area contributed by atoms with Crippen LogP contribution in [0.3, 0.4) is 0 Å². The van der Waals surface area contributed by atoms with Gasteiger partial charge >= 0.3 is 12.1 Å². The summed E-state index contributed by atoms with van der Waals surface area (Å²) in [5.41, 5.74) is 0.0454. The summed E-state index contributed by atoms with van der Waals surface area (Å²) in [6.07, 6.45) is 0.615. The molecule has 0 aliphatic rings. The summed E-state index contributed by atoms with van der Waals surface area (Å²) in [4.78, 5) is 15.1. The fraction of sp³-hybridized carbons (Fsp3) is 0.0556. The van der Waals surface area contributed by atoms with E-state index in [1.165, 1.54) is 12.3 Å². The van der Waals surface area contributed by atoms with Crippen molar-refractivity contribution in [2.75, 3.05) is 0 Å². The van der Waals surface area contributed by atoms with Gasteiger partial charge < -0.3 is 5.11 Å². The topological polar surface area (TPSA) is 68.0 Å². The normalized spacial score (nSPS) is 11.8. The van der Waals surface area contributed by atoms with Gasteiger partial charge in [-0.25, -0.2) is 14.5 Å². The molecule has 3 aromatic rings. The van der Waals surface area contributed by atoms with Crippen molar-refractivity contribution >= 4 is 18.1 Å². The molecular weight excluding hydrogens is 347 g/mol. The molecule has 0 aliphatic carbocycles. The van der Waals surface area contributed by atoms with Gasteiger partial charge in [-0.1, -0.05) is 36.4 Å². The lowest BCUT2D eigenvalue weighted by molar-refractivity contribution is -0.137. The second-order valence-electron chi connectivity index (χ2n) is 5.32. The number of alkyl halides is 3. The van der Waals surface area contributed by atoms with Crippen LogP contribution < -0.4 is 0 Å². The summed E-state index contributed by atoms with van der Waals surface area (Å²) in [5.74, 6) is -1.12. The number of carbonyl (C=O) groups is 1. The number of carboxylic acid groups (broad SMARTS) is 1. The van der Waals surface area contributed by atoms with Crippen molar-refractivity contribution < 1.29 is 23.1 Å². The van der Waals surface area contributed by atoms with Crippen LogP contribution in [0.15, 0.2) is 54.9 Å². The Labute approximate surface area is 146 Å². The second kappa shape index (κ2) is 6.83. The molecule has 3 rings (SSSR count). The van der Waals surface area contributed by atoms with E-state index in [0.29, 0.717) is 6.20 Å². The minimum absolute atomic E-state index is 0.0832. The van der Waals surface area contributed by atoms with Gasteiger partial charge in [0.15, 0.2) is 5.82 Å². The predicted octanol–water partition coefficient (Wildman–Crippen LogP) is 4.15. The van der Waals surface area contributed by atoms with Crippen LogP contribution in [0.5, 0.6) is 0 Å². The van der Waals surface area contributed by atoms with E-state index in [1.54, 1.807) is 6.08 Å². The first-order valence-electron chi connectivity index (χ1n) is 7.44. The summed E-state index contributed by atoms with van der Waals surface area (Å²) < 4.78 is 39.0. The van der Waals surface area contributed by atoms with Crippen LogP contribution >= 0.6 is 0 Å². The highest BCUT2D eigenvalue weighted by Crippen LogP contribution is 2.28. The Morgan fingerprint density at radius 3 is 2.38 bits per heavy atom. The Hall–Kier alpha value is -3.42. The van der Waals surface area contributed by atoms with Crippen molar-refractivity contribution in [3.05, 3.63) is 77.2 Å². The molecule has 2 heterocycles. The lowest BCUT2D eigenvalue weighted by Gasteiger charge is -2.06. The van der Waals surface area contributed by atoms with E-state index in [9.17, 15) is 23.1 Å². The van der Waals surface area contributed by atoms with Crippen LogP contribution in [-0.4, -0.2) is 25.8 Å². The van der Waals surface area contributed by atoms with Gasteiger partial charge in [0, 0.05) is 12.4 Å². The number of pyridine rings is 1. The Bertz CT molecular complexity index is 946. The maximum absolute atomic E-state index is 12.6. The van der Waals surface area contributed by atoms with Crippen LogP contribution in [-0.2, 0) is 6.18 Å². The summed E-state index contributed by atoms with van der Waals surface area (Å²) in [5, 5.41) is 13.4. The molecule has 5 nitrogen and oxygen atoms in total. The van der Waals surface area contributed by atoms with Crippen molar-refractivity contribution in [1.82, 2.24) is 14.8 Å². The zero-order valence-corrected chi connectivity index (χ0v) is 13.2. The number of hydrogen-bond donors (Lipinski definition) is 1. The van der Waals surface area contributed by atoms with Crippen molar-refractivity contribution in [3.8, 4) is 5.82 Å². The average molecular weight is 359 g/mol. The standard InChI is InChI=1S/C18H12F3N3O2/c19-18(20,21)13-7-9-16(22-10-13)24-11-14(17(25)26)15(23-24)8-6-12-4-2-1-3-5-12/h1-11H,(H,25,26). The molecule has 1 aromatic carbocycles. The van der Waals surface area contributed by atoms with Crippen molar-refractivity contribution in [3.63, 3.8) is 0 Å². The first kappa shape index (κ1) is 17.4. The second-order valence-corrected chi connectivity index (χ2v) is 5.32. The molecule has 0 saturated heterocycles. The predicted molar refractivity (Wildman–Crippen MR) is 88.7 cm³/mol. The van der Waals surface area contributed by atoms with Gasteiger partial charge in [0.1, 0.15) is 11.3 Å². The number of halogens is 3. The van der Waals surface area contributed by atoms with Crippen LogP contribution in [0.4, 0.5) is 13.2 Å². The molecule has 8 heteroatoms. The molecule has 0 amide bonds. The summed E-state index contributed by atoms with van der Waals surface area (Å²) in [6.45, 7) is 0. The van der Waals surface area contributed by atoms with E-state index in [1.807, 2.05) is 30.3 Å². The van der Waals surface area contributed by atoms with Crippen LogP contribution in [0.25, 0.3) is 18.0 Å². The molecule has 0 fully saturated rings. The number of aromatic nitrogens is 3. The number of aromatic carboxylic acids is 1. The van der Waals surface area contributed by atoms with E-state index in [-0.39, 0.29) is 17.1 Å². The van der Waals surface area contributed by atoms with Crippen LogP contribution in [0.1, 0.15) is 27.2 Å². The third-order valence-corrected chi connectivity index (χ3v) is 3.52. The summed E-state index contributed by atoms with van der Waals surface area (Å²) in [7, 11) is 0. The third-order valence-electron chi connectivity index (χ3n) is 3.52. The molecule has 0 atom stereocenters. The molecule has 132 valence electrons. The summed E-state index contributed by atoms with van der Waals surface area (Å²) >= 11 is 0. The maximum atomic E-state index is 12.6. The van der Waals surface area contributed by atoms with E-state index in [0.717, 1.165) is 22.4 Å². The van der Waals surface area contributed by atoms with E-state index in [2.05, 4.69) is 10.1 Å². The minimum atomic E-state index is -4.49. The smallest absolute Gasteiger partial charge is 0.417 e. The molecule has 0 spiro atoms. The van der Waals surface area contributed by atoms with E-state index < -0.39 is 17.7 Å². The monoisotopic (exact) mass is 359 g/mol. The number of rotatable bonds is 4.